The summed E-state index contributed by atoms with van der Waals surface area (Å²) in [6.45, 7) is 2.37. The van der Waals surface area contributed by atoms with Gasteiger partial charge < -0.3 is 15.4 Å². The van der Waals surface area contributed by atoms with Crippen molar-refractivity contribution in [2.75, 3.05) is 12.4 Å². The maximum absolute atomic E-state index is 11.1. The van der Waals surface area contributed by atoms with Gasteiger partial charge in [-0.25, -0.2) is 14.8 Å². The van der Waals surface area contributed by atoms with Crippen molar-refractivity contribution < 1.29 is 9.53 Å². The molecule has 6 heteroatoms. The van der Waals surface area contributed by atoms with E-state index in [1.807, 2.05) is 31.2 Å². The predicted octanol–water partition coefficient (Wildman–Crippen LogP) is 3.26. The van der Waals surface area contributed by atoms with Crippen molar-refractivity contribution in [2.45, 2.75) is 39.2 Å². The Hall–Kier alpha value is -2.63. The normalized spacial score (nSPS) is 13.1. The Morgan fingerprint density at radius 2 is 1.92 bits per heavy atom. The van der Waals surface area contributed by atoms with E-state index in [1.165, 1.54) is 31.2 Å². The number of methoxy groups -OCH3 is 1. The molecule has 0 radical (unpaired) electrons. The molecule has 2 N–H and O–H groups in total. The summed E-state index contributed by atoms with van der Waals surface area (Å²) in [5, 5.41) is 6.08. The van der Waals surface area contributed by atoms with Crippen LogP contribution in [0, 0.1) is 6.92 Å². The molecule has 1 aromatic heterocycles. The minimum atomic E-state index is -0.430. The van der Waals surface area contributed by atoms with Crippen LogP contribution in [-0.4, -0.2) is 23.2 Å². The summed E-state index contributed by atoms with van der Waals surface area (Å²) in [5.41, 5.74) is 4.40. The number of benzene rings is 1. The lowest BCUT2D eigenvalue weighted by Gasteiger charge is -2.19. The lowest BCUT2D eigenvalue weighted by molar-refractivity contribution is 0.170. The minimum Gasteiger partial charge on any atom is -0.453 e. The number of aromatic nitrogens is 2. The number of alkyl carbamates (subject to hydrolysis) is 1. The van der Waals surface area contributed by atoms with Gasteiger partial charge in [-0.1, -0.05) is 12.1 Å². The predicted molar refractivity (Wildman–Crippen MR) is 92.4 cm³/mol. The second-order valence-corrected chi connectivity index (χ2v) is 5.92. The molecule has 1 amide bonds. The minimum absolute atomic E-state index is 0.430. The van der Waals surface area contributed by atoms with Gasteiger partial charge in [-0.15, -0.1) is 0 Å². The number of anilines is 2. The van der Waals surface area contributed by atoms with E-state index in [0.717, 1.165) is 35.7 Å². The molecule has 0 unspecified atom stereocenters. The summed E-state index contributed by atoms with van der Waals surface area (Å²) < 4.78 is 4.56. The molecular weight excluding hydrogens is 304 g/mol. The molecule has 3 rings (SSSR count). The molecule has 6 nitrogen and oxygen atoms in total. The van der Waals surface area contributed by atoms with Crippen molar-refractivity contribution in [2.24, 2.45) is 0 Å². The first-order valence-corrected chi connectivity index (χ1v) is 8.20. The molecule has 24 heavy (non-hydrogen) atoms. The van der Waals surface area contributed by atoms with Crippen LogP contribution in [0.2, 0.25) is 0 Å². The Kier molecular flexibility index (Phi) is 4.93. The van der Waals surface area contributed by atoms with Gasteiger partial charge in [0.25, 0.3) is 0 Å². The first-order valence-electron chi connectivity index (χ1n) is 8.20. The van der Waals surface area contributed by atoms with Crippen molar-refractivity contribution in [1.29, 1.82) is 0 Å². The highest BCUT2D eigenvalue weighted by Crippen LogP contribution is 2.27. The number of ether oxygens (including phenoxy) is 1. The first-order chi connectivity index (χ1) is 11.7. The van der Waals surface area contributed by atoms with Gasteiger partial charge in [0, 0.05) is 23.5 Å². The molecule has 1 aliphatic rings. The molecule has 1 aromatic carbocycles. The van der Waals surface area contributed by atoms with Crippen LogP contribution in [0.5, 0.6) is 0 Å². The quantitative estimate of drug-likeness (QED) is 0.902. The standard InChI is InChI=1S/C18H22N4O2/c1-12-20-16-6-4-3-5-15(16)17(21-12)22-14-9-7-13(8-10-14)11-19-18(23)24-2/h7-10H,3-6,11H2,1-2H3,(H,19,23)(H,20,21,22). The van der Waals surface area contributed by atoms with E-state index in [4.69, 9.17) is 0 Å². The Labute approximate surface area is 141 Å². The van der Waals surface area contributed by atoms with Crippen LogP contribution in [0.4, 0.5) is 16.3 Å². The van der Waals surface area contributed by atoms with Crippen LogP contribution in [0.25, 0.3) is 0 Å². The summed E-state index contributed by atoms with van der Waals surface area (Å²) in [4.78, 5) is 20.3. The van der Waals surface area contributed by atoms with E-state index in [1.54, 1.807) is 0 Å². The van der Waals surface area contributed by atoms with Crippen molar-refractivity contribution in [3.05, 3.63) is 46.9 Å². The fraction of sp³-hybridized carbons (Fsp3) is 0.389. The fourth-order valence-corrected chi connectivity index (χ4v) is 2.91. The van der Waals surface area contributed by atoms with Crippen LogP contribution in [-0.2, 0) is 24.1 Å². The van der Waals surface area contributed by atoms with Crippen molar-refractivity contribution in [3.8, 4) is 0 Å². The number of nitrogens with zero attached hydrogens (tertiary/aromatic N) is 2. The maximum Gasteiger partial charge on any atom is 0.407 e. The molecule has 0 bridgehead atoms. The fourth-order valence-electron chi connectivity index (χ4n) is 2.91. The van der Waals surface area contributed by atoms with E-state index in [9.17, 15) is 4.79 Å². The van der Waals surface area contributed by atoms with Crippen LogP contribution in [0.15, 0.2) is 24.3 Å². The van der Waals surface area contributed by atoms with E-state index in [0.29, 0.717) is 6.54 Å². The Bertz CT molecular complexity index is 729. The SMILES string of the molecule is COC(=O)NCc1ccc(Nc2nc(C)nc3c2CCCC3)cc1. The number of fused-ring (bicyclic) bond motifs is 1. The highest BCUT2D eigenvalue weighted by molar-refractivity contribution is 5.67. The van der Waals surface area contributed by atoms with E-state index >= 15 is 0 Å². The van der Waals surface area contributed by atoms with Gasteiger partial charge in [-0.05, 0) is 50.3 Å². The number of carbonyl (C=O) groups is 1. The van der Waals surface area contributed by atoms with Crippen molar-refractivity contribution in [3.63, 3.8) is 0 Å². The highest BCUT2D eigenvalue weighted by Gasteiger charge is 2.16. The van der Waals surface area contributed by atoms with Gasteiger partial charge in [-0.3, -0.25) is 0 Å². The molecule has 0 aliphatic heterocycles. The third kappa shape index (κ3) is 3.82. The van der Waals surface area contributed by atoms with E-state index in [-0.39, 0.29) is 0 Å². The van der Waals surface area contributed by atoms with Gasteiger partial charge >= 0.3 is 6.09 Å². The van der Waals surface area contributed by atoms with Crippen LogP contribution < -0.4 is 10.6 Å². The molecule has 0 saturated heterocycles. The maximum atomic E-state index is 11.1. The van der Waals surface area contributed by atoms with E-state index < -0.39 is 6.09 Å². The van der Waals surface area contributed by atoms with Crippen molar-refractivity contribution in [1.82, 2.24) is 15.3 Å². The van der Waals surface area contributed by atoms with Gasteiger partial charge in [0.2, 0.25) is 0 Å². The number of rotatable bonds is 4. The summed E-state index contributed by atoms with van der Waals surface area (Å²) in [6, 6.07) is 7.92. The monoisotopic (exact) mass is 326 g/mol. The van der Waals surface area contributed by atoms with Gasteiger partial charge in [0.05, 0.1) is 7.11 Å². The van der Waals surface area contributed by atoms with Crippen LogP contribution >= 0.6 is 0 Å². The molecule has 2 aromatic rings. The van der Waals surface area contributed by atoms with Crippen LogP contribution in [0.3, 0.4) is 0 Å². The second kappa shape index (κ2) is 7.29. The zero-order chi connectivity index (χ0) is 16.9. The third-order valence-electron chi connectivity index (χ3n) is 4.13. The zero-order valence-electron chi connectivity index (χ0n) is 14.1. The molecule has 1 heterocycles. The third-order valence-corrected chi connectivity index (χ3v) is 4.13. The topological polar surface area (TPSA) is 76.1 Å². The lowest BCUT2D eigenvalue weighted by atomic mass is 9.96. The molecule has 0 atom stereocenters. The smallest absolute Gasteiger partial charge is 0.407 e. The van der Waals surface area contributed by atoms with Gasteiger partial charge in [-0.2, -0.15) is 0 Å². The van der Waals surface area contributed by atoms with Gasteiger partial charge in [0.15, 0.2) is 0 Å². The Morgan fingerprint density at radius 3 is 2.67 bits per heavy atom. The molecule has 126 valence electrons. The molecule has 0 fully saturated rings. The number of aryl methyl sites for hydroxylation is 2. The molecular formula is C18H22N4O2. The number of carbonyl (C=O) groups excluding carboxylic acids is 1. The number of amides is 1. The molecule has 1 aliphatic carbocycles. The van der Waals surface area contributed by atoms with Crippen LogP contribution in [0.1, 0.15) is 35.5 Å². The van der Waals surface area contributed by atoms with E-state index in [2.05, 4.69) is 25.3 Å². The second-order valence-electron chi connectivity index (χ2n) is 5.92. The summed E-state index contributed by atoms with van der Waals surface area (Å²) in [7, 11) is 1.35. The first kappa shape index (κ1) is 16.2. The summed E-state index contributed by atoms with van der Waals surface area (Å²) >= 11 is 0. The van der Waals surface area contributed by atoms with Crippen molar-refractivity contribution >= 4 is 17.6 Å². The lowest BCUT2D eigenvalue weighted by Crippen LogP contribution is -2.22. The average Bonchev–Trinajstić information content (AvgIpc) is 2.60. The number of hydrogen-bond acceptors (Lipinski definition) is 5. The van der Waals surface area contributed by atoms with Gasteiger partial charge in [0.1, 0.15) is 11.6 Å². The summed E-state index contributed by atoms with van der Waals surface area (Å²) in [6.07, 6.45) is 4.02. The average molecular weight is 326 g/mol. The Morgan fingerprint density at radius 1 is 1.17 bits per heavy atom. The molecule has 0 spiro atoms. The largest absolute Gasteiger partial charge is 0.453 e. The zero-order valence-corrected chi connectivity index (χ0v) is 14.1. The molecule has 0 saturated carbocycles. The number of hydrogen-bond donors (Lipinski definition) is 2. The highest BCUT2D eigenvalue weighted by atomic mass is 16.5. The Balaban J connectivity index is 1.72. The summed E-state index contributed by atoms with van der Waals surface area (Å²) in [5.74, 6) is 1.72. The number of nitrogens with one attached hydrogen (secondary N) is 2.